The number of carboxylic acids is 1. The zero-order valence-electron chi connectivity index (χ0n) is 14.3. The van der Waals surface area contributed by atoms with Crippen LogP contribution in [-0.2, 0) is 9.59 Å². The number of aliphatic carboxylic acids is 1. The second kappa shape index (κ2) is 7.79. The summed E-state index contributed by atoms with van der Waals surface area (Å²) in [5.41, 5.74) is -2.17. The number of rotatable bonds is 7. The predicted molar refractivity (Wildman–Crippen MR) is 94.8 cm³/mol. The Morgan fingerprint density at radius 2 is 1.50 bits per heavy atom. The van der Waals surface area contributed by atoms with E-state index >= 15 is 0 Å². The van der Waals surface area contributed by atoms with Gasteiger partial charge in [-0.2, -0.15) is 0 Å². The molecule has 3 N–H and O–H groups in total. The van der Waals surface area contributed by atoms with Crippen molar-refractivity contribution >= 4 is 33.7 Å². The molecule has 0 aromatic heterocycles. The molecule has 0 fully saturated rings. The second-order valence-corrected chi connectivity index (χ2v) is 7.01. The van der Waals surface area contributed by atoms with Crippen molar-refractivity contribution < 1.29 is 19.5 Å². The first kappa shape index (κ1) is 20.2. The normalized spacial score (nSPS) is 15.7. The summed E-state index contributed by atoms with van der Waals surface area (Å²) < 4.78 is 0.843. The van der Waals surface area contributed by atoms with Gasteiger partial charge in [0.05, 0.1) is 0 Å². The quantitative estimate of drug-likeness (QED) is 0.657. The zero-order valence-corrected chi connectivity index (χ0v) is 15.9. The monoisotopic (exact) mass is 398 g/mol. The molecule has 0 aliphatic heterocycles. The number of hydrogen-bond donors (Lipinski definition) is 3. The van der Waals surface area contributed by atoms with Gasteiger partial charge in [0.15, 0.2) is 0 Å². The lowest BCUT2D eigenvalue weighted by molar-refractivity contribution is -0.148. The Bertz CT molecular complexity index is 632. The minimum atomic E-state index is -1.38. The Morgan fingerprint density at radius 1 is 1.00 bits per heavy atom. The molecule has 0 saturated carbocycles. The molecular weight excluding hydrogens is 376 g/mol. The second-order valence-electron chi connectivity index (χ2n) is 6.09. The molecule has 2 atom stereocenters. The number of halogens is 1. The summed E-state index contributed by atoms with van der Waals surface area (Å²) in [7, 11) is 0. The number of carbonyl (C=O) groups is 3. The van der Waals surface area contributed by atoms with Crippen molar-refractivity contribution in [1.82, 2.24) is 10.6 Å². The van der Waals surface area contributed by atoms with Gasteiger partial charge < -0.3 is 15.7 Å². The summed E-state index contributed by atoms with van der Waals surface area (Å²) in [6.45, 7) is 6.46. The van der Waals surface area contributed by atoms with Crippen LogP contribution in [-0.4, -0.2) is 34.0 Å². The minimum Gasteiger partial charge on any atom is -0.480 e. The summed E-state index contributed by atoms with van der Waals surface area (Å²) in [6.07, 6.45) is 0.551. The molecule has 0 saturated heterocycles. The van der Waals surface area contributed by atoms with Crippen molar-refractivity contribution in [3.05, 3.63) is 34.3 Å². The summed E-state index contributed by atoms with van der Waals surface area (Å²) in [6, 6.07) is 6.75. The van der Waals surface area contributed by atoms with Gasteiger partial charge in [0.25, 0.3) is 5.91 Å². The molecule has 0 bridgehead atoms. The fraction of sp³-hybridized carbons (Fsp3) is 0.471. The molecule has 0 radical (unpaired) electrons. The third-order valence-corrected chi connectivity index (χ3v) is 4.80. The summed E-state index contributed by atoms with van der Waals surface area (Å²) in [4.78, 5) is 36.4. The van der Waals surface area contributed by atoms with E-state index in [1.807, 2.05) is 0 Å². The maximum atomic E-state index is 12.6. The molecule has 7 heteroatoms. The molecule has 1 rings (SSSR count). The molecule has 0 heterocycles. The Morgan fingerprint density at radius 3 is 1.92 bits per heavy atom. The largest absolute Gasteiger partial charge is 0.480 e. The van der Waals surface area contributed by atoms with E-state index in [1.54, 1.807) is 45.0 Å². The van der Waals surface area contributed by atoms with Gasteiger partial charge in [0.1, 0.15) is 11.1 Å². The Labute approximate surface area is 150 Å². The number of benzene rings is 1. The number of carboxylic acid groups (broad SMARTS) is 1. The van der Waals surface area contributed by atoms with E-state index in [4.69, 9.17) is 0 Å². The lowest BCUT2D eigenvalue weighted by Crippen LogP contribution is -2.62. The highest BCUT2D eigenvalue weighted by Gasteiger charge is 2.40. The average Bonchev–Trinajstić information content (AvgIpc) is 2.54. The standard InChI is InChI=1S/C17H23BrN2O4/c1-5-16(3,14(22)20-17(4,6-2)15(23)24)19-13(21)11-7-9-12(18)10-8-11/h7-10H,5-6H2,1-4H3,(H,19,21)(H,20,22)(H,23,24)/t16-,17+/m1/s1. The number of hydrogen-bond acceptors (Lipinski definition) is 3. The van der Waals surface area contributed by atoms with E-state index in [0.717, 1.165) is 4.47 Å². The van der Waals surface area contributed by atoms with Crippen LogP contribution in [0.4, 0.5) is 0 Å². The lowest BCUT2D eigenvalue weighted by atomic mass is 9.92. The van der Waals surface area contributed by atoms with Crippen molar-refractivity contribution in [2.75, 3.05) is 0 Å². The average molecular weight is 399 g/mol. The van der Waals surface area contributed by atoms with Crippen LogP contribution in [0.2, 0.25) is 0 Å². The molecule has 6 nitrogen and oxygen atoms in total. The minimum absolute atomic E-state index is 0.231. The first-order valence-electron chi connectivity index (χ1n) is 7.72. The van der Waals surface area contributed by atoms with Crippen LogP contribution >= 0.6 is 15.9 Å². The van der Waals surface area contributed by atoms with Gasteiger partial charge in [0, 0.05) is 10.0 Å². The molecule has 132 valence electrons. The van der Waals surface area contributed by atoms with E-state index in [0.29, 0.717) is 12.0 Å². The van der Waals surface area contributed by atoms with Crippen LogP contribution in [0.3, 0.4) is 0 Å². The highest BCUT2D eigenvalue weighted by Crippen LogP contribution is 2.17. The molecular formula is C17H23BrN2O4. The molecule has 24 heavy (non-hydrogen) atoms. The number of amides is 2. The molecule has 0 aliphatic rings. The number of nitrogens with one attached hydrogen (secondary N) is 2. The van der Waals surface area contributed by atoms with Crippen LogP contribution < -0.4 is 10.6 Å². The Kier molecular flexibility index (Phi) is 6.54. The Balaban J connectivity index is 2.95. The molecule has 0 unspecified atom stereocenters. The van der Waals surface area contributed by atoms with Gasteiger partial charge in [-0.05, 0) is 51.0 Å². The predicted octanol–water partition coefficient (Wildman–Crippen LogP) is 2.72. The maximum absolute atomic E-state index is 12.6. The first-order valence-corrected chi connectivity index (χ1v) is 8.51. The van der Waals surface area contributed by atoms with E-state index in [9.17, 15) is 19.5 Å². The van der Waals surface area contributed by atoms with Crippen LogP contribution in [0.25, 0.3) is 0 Å². The van der Waals surface area contributed by atoms with Crippen molar-refractivity contribution in [3.63, 3.8) is 0 Å². The molecule has 1 aromatic carbocycles. The van der Waals surface area contributed by atoms with Crippen LogP contribution in [0.1, 0.15) is 50.9 Å². The van der Waals surface area contributed by atoms with E-state index < -0.39 is 28.9 Å². The van der Waals surface area contributed by atoms with Crippen LogP contribution in [0.15, 0.2) is 28.7 Å². The van der Waals surface area contributed by atoms with Gasteiger partial charge >= 0.3 is 5.97 Å². The van der Waals surface area contributed by atoms with E-state index in [-0.39, 0.29) is 6.42 Å². The highest BCUT2D eigenvalue weighted by molar-refractivity contribution is 9.10. The van der Waals surface area contributed by atoms with Crippen molar-refractivity contribution in [2.45, 2.75) is 51.6 Å². The molecule has 2 amide bonds. The smallest absolute Gasteiger partial charge is 0.329 e. The molecule has 0 spiro atoms. The van der Waals surface area contributed by atoms with Gasteiger partial charge in [0.2, 0.25) is 5.91 Å². The van der Waals surface area contributed by atoms with Crippen molar-refractivity contribution in [1.29, 1.82) is 0 Å². The van der Waals surface area contributed by atoms with Crippen molar-refractivity contribution in [3.8, 4) is 0 Å². The van der Waals surface area contributed by atoms with Crippen LogP contribution in [0, 0.1) is 0 Å². The van der Waals surface area contributed by atoms with Crippen LogP contribution in [0.5, 0.6) is 0 Å². The summed E-state index contributed by atoms with van der Waals surface area (Å²) >= 11 is 3.30. The van der Waals surface area contributed by atoms with E-state index in [2.05, 4.69) is 26.6 Å². The topological polar surface area (TPSA) is 95.5 Å². The highest BCUT2D eigenvalue weighted by atomic mass is 79.9. The van der Waals surface area contributed by atoms with Crippen molar-refractivity contribution in [2.24, 2.45) is 0 Å². The third-order valence-electron chi connectivity index (χ3n) is 4.27. The summed E-state index contributed by atoms with van der Waals surface area (Å²) in [5.74, 6) is -2.03. The number of carbonyl (C=O) groups excluding carboxylic acids is 2. The van der Waals surface area contributed by atoms with Gasteiger partial charge in [-0.3, -0.25) is 9.59 Å². The van der Waals surface area contributed by atoms with Gasteiger partial charge in [-0.1, -0.05) is 29.8 Å². The maximum Gasteiger partial charge on any atom is 0.329 e. The zero-order chi connectivity index (χ0) is 18.5. The fourth-order valence-electron chi connectivity index (χ4n) is 1.91. The third kappa shape index (κ3) is 4.56. The van der Waals surface area contributed by atoms with Gasteiger partial charge in [-0.15, -0.1) is 0 Å². The van der Waals surface area contributed by atoms with Gasteiger partial charge in [-0.25, -0.2) is 4.79 Å². The summed E-state index contributed by atoms with van der Waals surface area (Å²) in [5, 5.41) is 14.5. The Hall–Kier alpha value is -1.89. The SMILES string of the molecule is CC[C@@](C)(NC(=O)c1ccc(Br)cc1)C(=O)N[C@@](C)(CC)C(=O)O. The fourth-order valence-corrected chi connectivity index (χ4v) is 2.18. The first-order chi connectivity index (χ1) is 11.1. The molecule has 0 aliphatic carbocycles. The lowest BCUT2D eigenvalue weighted by Gasteiger charge is -2.33. The molecule has 1 aromatic rings. The van der Waals surface area contributed by atoms with E-state index in [1.165, 1.54) is 6.92 Å².